The second-order valence-corrected chi connectivity index (χ2v) is 9.22. The second kappa shape index (κ2) is 12.2. The lowest BCUT2D eigenvalue weighted by Gasteiger charge is -2.41. The number of anilines is 1. The quantitative estimate of drug-likeness (QED) is 0.696. The maximum absolute atomic E-state index is 13.0. The van der Waals surface area contributed by atoms with E-state index >= 15 is 0 Å². The minimum atomic E-state index is -0.250. The van der Waals surface area contributed by atoms with Crippen molar-refractivity contribution in [2.45, 2.75) is 57.5 Å². The molecule has 3 aliphatic rings. The number of piperidine rings is 2. The van der Waals surface area contributed by atoms with Gasteiger partial charge in [-0.2, -0.15) is 0 Å². The zero-order chi connectivity index (χ0) is 22.9. The Morgan fingerprint density at radius 3 is 2.50 bits per heavy atom. The summed E-state index contributed by atoms with van der Waals surface area (Å²) in [4.78, 5) is 32.9. The predicted molar refractivity (Wildman–Crippen MR) is 124 cm³/mol. The van der Waals surface area contributed by atoms with Crippen molar-refractivity contribution in [2.75, 3.05) is 51.3 Å². The van der Waals surface area contributed by atoms with Gasteiger partial charge in [0.15, 0.2) is 0 Å². The van der Waals surface area contributed by atoms with Gasteiger partial charge in [-0.05, 0) is 63.1 Å². The first-order valence-electron chi connectivity index (χ1n) is 11.9. The Morgan fingerprint density at radius 2 is 1.88 bits per heavy atom. The molecule has 3 aliphatic heterocycles. The van der Waals surface area contributed by atoms with E-state index in [1.54, 1.807) is 13.3 Å². The van der Waals surface area contributed by atoms with Crippen LogP contribution in [0.1, 0.15) is 55.8 Å². The van der Waals surface area contributed by atoms with E-state index in [0.29, 0.717) is 17.6 Å². The van der Waals surface area contributed by atoms with E-state index in [9.17, 15) is 4.79 Å². The molecule has 8 heteroatoms. The van der Waals surface area contributed by atoms with Crippen molar-refractivity contribution in [1.29, 1.82) is 0 Å². The third-order valence-corrected chi connectivity index (χ3v) is 6.98. The number of nitrogens with zero attached hydrogens (tertiary/aromatic N) is 4. The molecule has 2 atom stereocenters. The van der Waals surface area contributed by atoms with Crippen molar-refractivity contribution in [1.82, 2.24) is 14.8 Å². The van der Waals surface area contributed by atoms with Gasteiger partial charge in [0.1, 0.15) is 5.82 Å². The van der Waals surface area contributed by atoms with Crippen LogP contribution in [0.5, 0.6) is 0 Å². The number of carbonyl (C=O) groups is 2. The molecule has 0 spiro atoms. The third kappa shape index (κ3) is 6.19. The zero-order valence-corrected chi connectivity index (χ0v) is 19.5. The van der Waals surface area contributed by atoms with E-state index in [1.807, 2.05) is 17.0 Å². The minimum Gasteiger partial charge on any atom is -0.483 e. The molecule has 4 heterocycles. The smallest absolute Gasteiger partial charge is 0.290 e. The van der Waals surface area contributed by atoms with Crippen molar-refractivity contribution in [3.63, 3.8) is 0 Å². The summed E-state index contributed by atoms with van der Waals surface area (Å²) in [7, 11) is 1.75. The van der Waals surface area contributed by atoms with Crippen molar-refractivity contribution >= 4 is 18.2 Å². The fourth-order valence-electron chi connectivity index (χ4n) is 5.36. The third-order valence-electron chi connectivity index (χ3n) is 6.98. The number of amides is 1. The molecule has 1 aromatic rings. The number of methoxy groups -OCH3 is 1. The lowest BCUT2D eigenvalue weighted by Crippen LogP contribution is -2.49. The number of carboxylic acid groups (broad SMARTS) is 1. The summed E-state index contributed by atoms with van der Waals surface area (Å²) in [5.41, 5.74) is 0.710. The number of rotatable bonds is 5. The van der Waals surface area contributed by atoms with Crippen LogP contribution in [-0.4, -0.2) is 90.8 Å². The molecule has 0 aromatic carbocycles. The maximum Gasteiger partial charge on any atom is 0.290 e. The number of ether oxygens (including phenoxy) is 1. The van der Waals surface area contributed by atoms with Crippen LogP contribution < -0.4 is 4.90 Å². The van der Waals surface area contributed by atoms with E-state index in [0.717, 1.165) is 57.2 Å². The molecule has 0 aliphatic carbocycles. The van der Waals surface area contributed by atoms with E-state index in [2.05, 4.69) is 21.7 Å². The van der Waals surface area contributed by atoms with Gasteiger partial charge in [0.25, 0.3) is 12.4 Å². The number of aromatic nitrogens is 1. The highest BCUT2D eigenvalue weighted by Gasteiger charge is 2.30. The molecule has 0 saturated carbocycles. The molecule has 1 N–H and O–H groups in total. The molecule has 1 amide bonds. The van der Waals surface area contributed by atoms with Crippen molar-refractivity contribution in [3.8, 4) is 0 Å². The van der Waals surface area contributed by atoms with Crippen LogP contribution in [0, 0.1) is 5.92 Å². The minimum absolute atomic E-state index is 0.129. The predicted octanol–water partition coefficient (Wildman–Crippen LogP) is 2.73. The van der Waals surface area contributed by atoms with E-state index in [1.165, 1.54) is 32.4 Å². The Hall–Kier alpha value is -2.19. The standard InChI is InChI=1S/C23H36N4O2.CH2O2/c1-18-5-3-11-26(16-18)20-9-13-25(14-10-20)23(28)19-7-8-22(24-15-19)27-12-4-6-21(27)17-29-2;2-1-3/h7-8,15,18,20-21H,3-6,9-14,16-17H2,1-2H3;1H,(H,2,3)/t18-,21-;/m1./s1. The summed E-state index contributed by atoms with van der Waals surface area (Å²) in [6.07, 6.45) is 8.94. The number of likely N-dealkylation sites (tertiary alicyclic amines) is 2. The lowest BCUT2D eigenvalue weighted by atomic mass is 9.95. The van der Waals surface area contributed by atoms with Crippen molar-refractivity contribution in [2.24, 2.45) is 5.92 Å². The van der Waals surface area contributed by atoms with Gasteiger partial charge in [-0.1, -0.05) is 6.92 Å². The summed E-state index contributed by atoms with van der Waals surface area (Å²) < 4.78 is 5.34. The van der Waals surface area contributed by atoms with Crippen molar-refractivity contribution < 1.29 is 19.4 Å². The molecule has 0 unspecified atom stereocenters. The van der Waals surface area contributed by atoms with Crippen LogP contribution in [-0.2, 0) is 9.53 Å². The summed E-state index contributed by atoms with van der Waals surface area (Å²) >= 11 is 0. The maximum atomic E-state index is 13.0. The fourth-order valence-corrected chi connectivity index (χ4v) is 5.36. The number of hydrogen-bond acceptors (Lipinski definition) is 6. The first kappa shape index (κ1) is 24.5. The summed E-state index contributed by atoms with van der Waals surface area (Å²) in [5.74, 6) is 1.90. The van der Waals surface area contributed by atoms with Gasteiger partial charge < -0.3 is 19.6 Å². The molecule has 8 nitrogen and oxygen atoms in total. The Kier molecular flexibility index (Phi) is 9.29. The van der Waals surface area contributed by atoms with Crippen LogP contribution in [0.15, 0.2) is 18.3 Å². The van der Waals surface area contributed by atoms with Crippen LogP contribution in [0.2, 0.25) is 0 Å². The highest BCUT2D eigenvalue weighted by Crippen LogP contribution is 2.26. The normalized spacial score (nSPS) is 24.7. The molecule has 3 saturated heterocycles. The molecule has 0 radical (unpaired) electrons. The average molecular weight is 447 g/mol. The number of hydrogen-bond donors (Lipinski definition) is 1. The molecule has 1 aromatic heterocycles. The first-order chi connectivity index (χ1) is 15.6. The molecule has 32 heavy (non-hydrogen) atoms. The topological polar surface area (TPSA) is 86.2 Å². The summed E-state index contributed by atoms with van der Waals surface area (Å²) in [6.45, 7) is 8.03. The molecular formula is C24H38N4O4. The monoisotopic (exact) mass is 446 g/mol. The number of pyridine rings is 1. The van der Waals surface area contributed by atoms with Crippen LogP contribution >= 0.6 is 0 Å². The van der Waals surface area contributed by atoms with Crippen LogP contribution in [0.4, 0.5) is 5.82 Å². The van der Waals surface area contributed by atoms with Gasteiger partial charge in [0.05, 0.1) is 18.2 Å². The van der Waals surface area contributed by atoms with Gasteiger partial charge in [0, 0.05) is 45.5 Å². The van der Waals surface area contributed by atoms with E-state index < -0.39 is 0 Å². The van der Waals surface area contributed by atoms with Crippen molar-refractivity contribution in [3.05, 3.63) is 23.9 Å². The summed E-state index contributed by atoms with van der Waals surface area (Å²) in [5, 5.41) is 6.89. The molecule has 3 fully saturated rings. The average Bonchev–Trinajstić information content (AvgIpc) is 3.28. The Labute approximate surface area is 191 Å². The zero-order valence-electron chi connectivity index (χ0n) is 19.5. The highest BCUT2D eigenvalue weighted by molar-refractivity contribution is 5.94. The van der Waals surface area contributed by atoms with Gasteiger partial charge in [-0.15, -0.1) is 0 Å². The fraction of sp³-hybridized carbons (Fsp3) is 0.708. The van der Waals surface area contributed by atoms with E-state index in [-0.39, 0.29) is 12.4 Å². The van der Waals surface area contributed by atoms with Gasteiger partial charge >= 0.3 is 0 Å². The Morgan fingerprint density at radius 1 is 1.16 bits per heavy atom. The van der Waals surface area contributed by atoms with Gasteiger partial charge in [-0.25, -0.2) is 4.98 Å². The molecular weight excluding hydrogens is 408 g/mol. The van der Waals surface area contributed by atoms with Crippen LogP contribution in [0.25, 0.3) is 0 Å². The lowest BCUT2D eigenvalue weighted by molar-refractivity contribution is -0.122. The van der Waals surface area contributed by atoms with Crippen LogP contribution in [0.3, 0.4) is 0 Å². The number of carbonyl (C=O) groups excluding carboxylic acids is 1. The Bertz CT molecular complexity index is 721. The van der Waals surface area contributed by atoms with Gasteiger partial charge in [0.2, 0.25) is 0 Å². The van der Waals surface area contributed by atoms with Gasteiger partial charge in [-0.3, -0.25) is 14.5 Å². The Balaban J connectivity index is 0.000000913. The highest BCUT2D eigenvalue weighted by atomic mass is 16.5. The first-order valence-corrected chi connectivity index (χ1v) is 11.9. The SMILES string of the molecule is COC[C@H]1CCCN1c1ccc(C(=O)N2CCC(N3CCC[C@@H](C)C3)CC2)cn1.O=CO. The summed E-state index contributed by atoms with van der Waals surface area (Å²) in [6, 6.07) is 5.00. The van der Waals surface area contributed by atoms with E-state index in [4.69, 9.17) is 14.6 Å². The largest absolute Gasteiger partial charge is 0.483 e. The molecule has 178 valence electrons. The molecule has 4 rings (SSSR count). The molecule has 0 bridgehead atoms. The second-order valence-electron chi connectivity index (χ2n) is 9.22.